The number of nitrogens with one attached hydrogen (secondary N) is 1. The number of hydrogen-bond donors (Lipinski definition) is 3. The Morgan fingerprint density at radius 3 is 2.00 bits per heavy atom. The third-order valence-corrected chi connectivity index (χ3v) is 3.33. The number of phenols is 1. The van der Waals surface area contributed by atoms with Crippen molar-refractivity contribution < 1.29 is 66.0 Å². The molecule has 2 aromatic rings. The number of aromatic hydroxyl groups is 1. The van der Waals surface area contributed by atoms with Crippen LogP contribution in [0.3, 0.4) is 0 Å². The first-order chi connectivity index (χ1) is 11.9. The number of hydrogen-bond acceptors (Lipinski definition) is 3. The quantitative estimate of drug-likeness (QED) is 0.319. The average Bonchev–Trinajstić information content (AvgIpc) is 2.53. The van der Waals surface area contributed by atoms with E-state index in [1.54, 1.807) is 0 Å². The number of benzene rings is 2. The van der Waals surface area contributed by atoms with E-state index in [-0.39, 0.29) is 26.0 Å². The van der Waals surface area contributed by atoms with Crippen molar-refractivity contribution in [3.05, 3.63) is 58.2 Å². The maximum atomic E-state index is 13.8. The van der Waals surface area contributed by atoms with Crippen molar-refractivity contribution in [3.8, 4) is 5.75 Å². The minimum absolute atomic E-state index is 0. The van der Waals surface area contributed by atoms with Crippen LogP contribution in [0.15, 0.2) is 18.2 Å². The van der Waals surface area contributed by atoms with Gasteiger partial charge < -0.3 is 17.0 Å². The topological polar surface area (TPSA) is 69.6 Å². The van der Waals surface area contributed by atoms with Crippen molar-refractivity contribution in [1.29, 1.82) is 0 Å². The van der Waals surface area contributed by atoms with Crippen molar-refractivity contribution >= 4 is 11.7 Å². The summed E-state index contributed by atoms with van der Waals surface area (Å²) in [6, 6.07) is 2.85. The van der Waals surface area contributed by atoms with Crippen LogP contribution in [0.25, 0.3) is 0 Å². The second-order valence-corrected chi connectivity index (χ2v) is 5.00. The largest absolute Gasteiger partial charge is 1.00 e. The maximum absolute atomic E-state index is 13.8. The smallest absolute Gasteiger partial charge is 1.00 e. The summed E-state index contributed by atoms with van der Waals surface area (Å²) in [6.07, 6.45) is -5.64. The van der Waals surface area contributed by atoms with Gasteiger partial charge in [-0.3, -0.25) is 0 Å². The fourth-order valence-electron chi connectivity index (χ4n) is 2.09. The zero-order valence-corrected chi connectivity index (χ0v) is 13.4. The van der Waals surface area contributed by atoms with E-state index < -0.39 is 64.4 Å². The van der Waals surface area contributed by atoms with Gasteiger partial charge in [-0.1, -0.05) is 0 Å². The molecular formula is C15H9F7LiNO3. The molecule has 0 saturated heterocycles. The minimum Gasteiger partial charge on any atom is -1.00 e. The Morgan fingerprint density at radius 1 is 1.04 bits per heavy atom. The van der Waals surface area contributed by atoms with E-state index in [1.807, 2.05) is 0 Å². The fourth-order valence-corrected chi connectivity index (χ4v) is 2.09. The summed E-state index contributed by atoms with van der Waals surface area (Å²) in [5.74, 6) is -11.8. The van der Waals surface area contributed by atoms with Gasteiger partial charge in [0.2, 0.25) is 0 Å². The Bertz CT molecular complexity index is 864. The molecular weight excluding hydrogens is 382 g/mol. The predicted octanol–water partition coefficient (Wildman–Crippen LogP) is 1.39. The number of carbonyl (C=O) groups is 1. The molecule has 27 heavy (non-hydrogen) atoms. The molecule has 0 bridgehead atoms. The summed E-state index contributed by atoms with van der Waals surface area (Å²) in [5.41, 5.74) is -4.74. The third-order valence-electron chi connectivity index (χ3n) is 3.33. The van der Waals surface area contributed by atoms with Crippen molar-refractivity contribution in [2.75, 3.05) is 5.32 Å². The molecule has 0 radical (unpaired) electrons. The summed E-state index contributed by atoms with van der Waals surface area (Å²) < 4.78 is 92.0. The Kier molecular flexibility index (Phi) is 6.80. The van der Waals surface area contributed by atoms with E-state index in [0.717, 1.165) is 18.2 Å². The van der Waals surface area contributed by atoms with E-state index in [4.69, 9.17) is 5.11 Å². The van der Waals surface area contributed by atoms with Crippen molar-refractivity contribution in [1.82, 2.24) is 0 Å². The zero-order valence-electron chi connectivity index (χ0n) is 14.4. The number of carboxylic acids is 1. The Morgan fingerprint density at radius 2 is 1.56 bits per heavy atom. The van der Waals surface area contributed by atoms with E-state index in [0.29, 0.717) is 0 Å². The second-order valence-electron chi connectivity index (χ2n) is 5.00. The van der Waals surface area contributed by atoms with Crippen molar-refractivity contribution in [2.24, 2.45) is 0 Å². The number of rotatable bonds is 4. The number of alkyl halides is 3. The van der Waals surface area contributed by atoms with Gasteiger partial charge in [0.05, 0.1) is 0 Å². The SMILES string of the molecule is O=C(O)c1cc(NCc2c(F)c(F)c(C(F)(F)F)c(F)c2F)ccc1O.[H-].[Li+]. The summed E-state index contributed by atoms with van der Waals surface area (Å²) >= 11 is 0. The first kappa shape index (κ1) is 22.7. The summed E-state index contributed by atoms with van der Waals surface area (Å²) in [7, 11) is 0. The van der Waals surface area contributed by atoms with Crippen LogP contribution in [0, 0.1) is 23.3 Å². The van der Waals surface area contributed by atoms with Crippen LogP contribution >= 0.6 is 0 Å². The summed E-state index contributed by atoms with van der Waals surface area (Å²) in [4.78, 5) is 10.9. The molecule has 4 nitrogen and oxygen atoms in total. The Balaban J connectivity index is 0.00000364. The van der Waals surface area contributed by atoms with Crippen molar-refractivity contribution in [3.63, 3.8) is 0 Å². The number of carboxylic acid groups (broad SMARTS) is 1. The van der Waals surface area contributed by atoms with Gasteiger partial charge in [0.25, 0.3) is 0 Å². The zero-order chi connectivity index (χ0) is 19.8. The Labute approximate surface area is 160 Å². The Hall–Kier alpha value is -2.38. The van der Waals surface area contributed by atoms with Gasteiger partial charge in [0.1, 0.15) is 16.9 Å². The molecule has 12 heteroatoms. The molecule has 0 atom stereocenters. The monoisotopic (exact) mass is 391 g/mol. The molecule has 0 aliphatic rings. The van der Waals surface area contributed by atoms with Gasteiger partial charge in [-0.2, -0.15) is 13.2 Å². The molecule has 0 unspecified atom stereocenters. The molecule has 0 aromatic heterocycles. The average molecular weight is 391 g/mol. The molecule has 3 N–H and O–H groups in total. The van der Waals surface area contributed by atoms with Gasteiger partial charge in [0.15, 0.2) is 23.3 Å². The molecule has 0 amide bonds. The molecule has 142 valence electrons. The molecule has 0 aliphatic carbocycles. The standard InChI is InChI=1S/C15H8F7NO3.Li.H/c16-10-7(11(17)13(19)9(12(10)18)15(20,21)22)4-23-5-1-2-8(24)6(3-5)14(25)26;;/h1-3,23-24H,4H2,(H,25,26);;/q;+1;-1. The van der Waals surface area contributed by atoms with Crippen LogP contribution in [0.5, 0.6) is 5.75 Å². The van der Waals surface area contributed by atoms with Gasteiger partial charge in [-0.05, 0) is 18.2 Å². The van der Waals surface area contributed by atoms with E-state index in [2.05, 4.69) is 5.32 Å². The van der Waals surface area contributed by atoms with Gasteiger partial charge in [-0.25, -0.2) is 22.4 Å². The molecule has 0 spiro atoms. The first-order valence-electron chi connectivity index (χ1n) is 6.67. The molecule has 2 aromatic carbocycles. The van der Waals surface area contributed by atoms with Gasteiger partial charge >= 0.3 is 31.0 Å². The van der Waals surface area contributed by atoms with Crippen LogP contribution in [0.4, 0.5) is 36.4 Å². The normalized spacial score (nSPS) is 11.1. The maximum Gasteiger partial charge on any atom is 1.00 e. The minimum atomic E-state index is -5.64. The summed E-state index contributed by atoms with van der Waals surface area (Å²) in [6.45, 7) is -0.993. The number of halogens is 7. The van der Waals surface area contributed by atoms with Crippen LogP contribution in [0.1, 0.15) is 22.9 Å². The van der Waals surface area contributed by atoms with E-state index >= 15 is 0 Å². The van der Waals surface area contributed by atoms with Gasteiger partial charge in [-0.15, -0.1) is 0 Å². The molecule has 0 heterocycles. The van der Waals surface area contributed by atoms with Crippen LogP contribution in [-0.4, -0.2) is 16.2 Å². The van der Waals surface area contributed by atoms with Crippen LogP contribution < -0.4 is 24.2 Å². The van der Waals surface area contributed by atoms with Gasteiger partial charge in [0, 0.05) is 17.8 Å². The predicted molar refractivity (Wildman–Crippen MR) is 74.8 cm³/mol. The first-order valence-corrected chi connectivity index (χ1v) is 6.67. The number of aromatic carboxylic acids is 1. The second kappa shape index (κ2) is 8.10. The third kappa shape index (κ3) is 4.48. The van der Waals surface area contributed by atoms with Crippen molar-refractivity contribution in [2.45, 2.75) is 12.7 Å². The number of anilines is 1. The molecule has 0 saturated carbocycles. The molecule has 0 aliphatic heterocycles. The summed E-state index contributed by atoms with van der Waals surface area (Å²) in [5, 5.41) is 20.4. The van der Waals surface area contributed by atoms with E-state index in [1.165, 1.54) is 0 Å². The van der Waals surface area contributed by atoms with Crippen LogP contribution in [-0.2, 0) is 12.7 Å². The van der Waals surface area contributed by atoms with E-state index in [9.17, 15) is 40.6 Å². The molecule has 2 rings (SSSR count). The fraction of sp³-hybridized carbons (Fsp3) is 0.133. The van der Waals surface area contributed by atoms with Crippen LogP contribution in [0.2, 0.25) is 0 Å². The molecule has 0 fully saturated rings.